The zero-order valence-corrected chi connectivity index (χ0v) is 12.4. The highest BCUT2D eigenvalue weighted by Gasteiger charge is 2.12. The molecule has 0 spiro atoms. The number of fused-ring (bicyclic) bond motifs is 1. The number of aliphatic hydroxyl groups is 1. The minimum Gasteiger partial charge on any atom is -0.472 e. The molecule has 2 heterocycles. The summed E-state index contributed by atoms with van der Waals surface area (Å²) >= 11 is 0. The van der Waals surface area contributed by atoms with Crippen LogP contribution in [0.5, 0.6) is 11.5 Å². The molecular formula is C17H17NO5. The Kier molecular flexibility index (Phi) is 4.63. The summed E-state index contributed by atoms with van der Waals surface area (Å²) in [6, 6.07) is 7.17. The van der Waals surface area contributed by atoms with Crippen LogP contribution in [0.2, 0.25) is 0 Å². The summed E-state index contributed by atoms with van der Waals surface area (Å²) < 4.78 is 15.4. The minimum absolute atomic E-state index is 0.220. The van der Waals surface area contributed by atoms with Crippen molar-refractivity contribution in [3.05, 3.63) is 54.0 Å². The molecule has 120 valence electrons. The van der Waals surface area contributed by atoms with E-state index in [1.54, 1.807) is 18.2 Å². The third-order valence-corrected chi connectivity index (χ3v) is 3.47. The zero-order valence-electron chi connectivity index (χ0n) is 12.4. The van der Waals surface area contributed by atoms with Gasteiger partial charge in [0.2, 0.25) is 12.7 Å². The molecule has 1 unspecified atom stereocenters. The monoisotopic (exact) mass is 315 g/mol. The average Bonchev–Trinajstić information content (AvgIpc) is 3.23. The van der Waals surface area contributed by atoms with E-state index in [1.807, 2.05) is 12.1 Å². The molecule has 0 fully saturated rings. The van der Waals surface area contributed by atoms with E-state index < -0.39 is 6.10 Å². The third-order valence-electron chi connectivity index (χ3n) is 3.47. The van der Waals surface area contributed by atoms with E-state index in [1.165, 1.54) is 18.6 Å². The lowest BCUT2D eigenvalue weighted by Crippen LogP contribution is -2.23. The van der Waals surface area contributed by atoms with Gasteiger partial charge in [-0.25, -0.2) is 0 Å². The molecule has 2 N–H and O–H groups in total. The fourth-order valence-electron chi connectivity index (χ4n) is 2.21. The molecule has 1 aromatic heterocycles. The number of furan rings is 1. The first-order chi connectivity index (χ1) is 11.2. The first-order valence-electron chi connectivity index (χ1n) is 7.28. The molecular weight excluding hydrogens is 298 g/mol. The quantitative estimate of drug-likeness (QED) is 0.799. The van der Waals surface area contributed by atoms with Gasteiger partial charge in [0.15, 0.2) is 11.5 Å². The number of ether oxygens (including phenoxy) is 2. The topological polar surface area (TPSA) is 80.9 Å². The second kappa shape index (κ2) is 7.02. The predicted octanol–water partition coefficient (Wildman–Crippen LogP) is 2.26. The van der Waals surface area contributed by atoms with Crippen molar-refractivity contribution in [1.29, 1.82) is 0 Å². The van der Waals surface area contributed by atoms with Gasteiger partial charge < -0.3 is 24.3 Å². The van der Waals surface area contributed by atoms with Crippen LogP contribution in [0.3, 0.4) is 0 Å². The van der Waals surface area contributed by atoms with Crippen molar-refractivity contribution in [3.8, 4) is 11.5 Å². The summed E-state index contributed by atoms with van der Waals surface area (Å²) in [7, 11) is 0. The molecule has 1 amide bonds. The summed E-state index contributed by atoms with van der Waals surface area (Å²) in [6.45, 7) is 0.596. The van der Waals surface area contributed by atoms with E-state index in [-0.39, 0.29) is 12.7 Å². The smallest absolute Gasteiger partial charge is 0.244 e. The van der Waals surface area contributed by atoms with Crippen LogP contribution < -0.4 is 14.8 Å². The number of carbonyl (C=O) groups excluding carboxylic acids is 1. The van der Waals surface area contributed by atoms with Gasteiger partial charge in [0.25, 0.3) is 0 Å². The van der Waals surface area contributed by atoms with Gasteiger partial charge in [-0.1, -0.05) is 6.07 Å². The number of hydrogen-bond donors (Lipinski definition) is 2. The van der Waals surface area contributed by atoms with Crippen molar-refractivity contribution in [2.75, 3.05) is 13.3 Å². The summed E-state index contributed by atoms with van der Waals surface area (Å²) in [4.78, 5) is 11.8. The standard InChI is InChI=1S/C17H17NO5/c19-14(13-6-8-21-10-13)5-7-18-17(20)4-2-12-1-3-15-16(9-12)23-11-22-15/h1-4,6,8-10,14,19H,5,7,11H2,(H,18,20)/b4-2+. The molecule has 1 aromatic carbocycles. The molecule has 1 aliphatic rings. The lowest BCUT2D eigenvalue weighted by molar-refractivity contribution is -0.116. The highest BCUT2D eigenvalue weighted by atomic mass is 16.7. The Morgan fingerprint density at radius 3 is 3.00 bits per heavy atom. The molecule has 2 aromatic rings. The van der Waals surface area contributed by atoms with Crippen LogP contribution in [0.25, 0.3) is 6.08 Å². The predicted molar refractivity (Wildman–Crippen MR) is 82.9 cm³/mol. The van der Waals surface area contributed by atoms with E-state index in [0.717, 1.165) is 5.56 Å². The largest absolute Gasteiger partial charge is 0.472 e. The van der Waals surface area contributed by atoms with Crippen LogP contribution in [-0.4, -0.2) is 24.4 Å². The molecule has 6 nitrogen and oxygen atoms in total. The van der Waals surface area contributed by atoms with Crippen molar-refractivity contribution in [2.24, 2.45) is 0 Å². The third kappa shape index (κ3) is 3.92. The number of hydrogen-bond acceptors (Lipinski definition) is 5. The Balaban J connectivity index is 1.45. The summed E-state index contributed by atoms with van der Waals surface area (Å²) in [5.74, 6) is 1.16. The van der Waals surface area contributed by atoms with E-state index in [0.29, 0.717) is 30.0 Å². The van der Waals surface area contributed by atoms with Crippen LogP contribution in [-0.2, 0) is 4.79 Å². The Labute approximate surface area is 133 Å². The van der Waals surface area contributed by atoms with Gasteiger partial charge in [0.05, 0.1) is 18.6 Å². The lowest BCUT2D eigenvalue weighted by atomic mass is 10.1. The number of amides is 1. The zero-order chi connectivity index (χ0) is 16.1. The molecule has 1 atom stereocenters. The molecule has 0 aliphatic carbocycles. The molecule has 1 aliphatic heterocycles. The molecule has 3 rings (SSSR count). The van der Waals surface area contributed by atoms with Crippen molar-refractivity contribution in [3.63, 3.8) is 0 Å². The van der Waals surface area contributed by atoms with Gasteiger partial charge in [0.1, 0.15) is 0 Å². The summed E-state index contributed by atoms with van der Waals surface area (Å²) in [6.07, 6.45) is 5.92. The fourth-order valence-corrected chi connectivity index (χ4v) is 2.21. The van der Waals surface area contributed by atoms with Crippen LogP contribution in [0, 0.1) is 0 Å². The molecule has 23 heavy (non-hydrogen) atoms. The van der Waals surface area contributed by atoms with Crippen molar-refractivity contribution in [1.82, 2.24) is 5.32 Å². The van der Waals surface area contributed by atoms with Crippen LogP contribution >= 0.6 is 0 Å². The second-order valence-corrected chi connectivity index (χ2v) is 5.10. The van der Waals surface area contributed by atoms with Crippen molar-refractivity contribution in [2.45, 2.75) is 12.5 Å². The van der Waals surface area contributed by atoms with Gasteiger partial charge in [-0.3, -0.25) is 4.79 Å². The molecule has 0 radical (unpaired) electrons. The molecule has 0 saturated heterocycles. The fraction of sp³-hybridized carbons (Fsp3) is 0.235. The Bertz CT molecular complexity index is 693. The average molecular weight is 315 g/mol. The molecule has 0 bridgehead atoms. The van der Waals surface area contributed by atoms with Crippen LogP contribution in [0.15, 0.2) is 47.3 Å². The van der Waals surface area contributed by atoms with Gasteiger partial charge in [-0.15, -0.1) is 0 Å². The summed E-state index contributed by atoms with van der Waals surface area (Å²) in [5, 5.41) is 12.6. The van der Waals surface area contributed by atoms with Crippen molar-refractivity contribution >= 4 is 12.0 Å². The number of aliphatic hydroxyl groups excluding tert-OH is 1. The second-order valence-electron chi connectivity index (χ2n) is 5.10. The van der Waals surface area contributed by atoms with E-state index >= 15 is 0 Å². The lowest BCUT2D eigenvalue weighted by Gasteiger charge is -2.08. The maximum atomic E-state index is 11.8. The number of carbonyl (C=O) groups is 1. The minimum atomic E-state index is -0.646. The Hall–Kier alpha value is -2.73. The van der Waals surface area contributed by atoms with Crippen molar-refractivity contribution < 1.29 is 23.8 Å². The van der Waals surface area contributed by atoms with Gasteiger partial charge in [-0.2, -0.15) is 0 Å². The molecule has 0 saturated carbocycles. The van der Waals surface area contributed by atoms with Gasteiger partial charge in [-0.05, 0) is 36.3 Å². The Morgan fingerprint density at radius 2 is 2.17 bits per heavy atom. The number of nitrogens with one attached hydrogen (secondary N) is 1. The SMILES string of the molecule is O=C(/C=C/c1ccc2c(c1)OCO2)NCCC(O)c1ccoc1. The van der Waals surface area contributed by atoms with Gasteiger partial charge in [0, 0.05) is 18.2 Å². The highest BCUT2D eigenvalue weighted by Crippen LogP contribution is 2.32. The summed E-state index contributed by atoms with van der Waals surface area (Å²) in [5.41, 5.74) is 1.55. The van der Waals surface area contributed by atoms with E-state index in [2.05, 4.69) is 5.32 Å². The van der Waals surface area contributed by atoms with E-state index in [4.69, 9.17) is 13.9 Å². The van der Waals surface area contributed by atoms with Gasteiger partial charge >= 0.3 is 0 Å². The van der Waals surface area contributed by atoms with E-state index in [9.17, 15) is 9.90 Å². The maximum absolute atomic E-state index is 11.8. The van der Waals surface area contributed by atoms with Crippen LogP contribution in [0.1, 0.15) is 23.7 Å². The molecule has 6 heteroatoms. The normalized spacial score (nSPS) is 14.1. The first kappa shape index (κ1) is 15.2. The first-order valence-corrected chi connectivity index (χ1v) is 7.28. The number of benzene rings is 1. The maximum Gasteiger partial charge on any atom is 0.244 e. The Morgan fingerprint density at radius 1 is 1.30 bits per heavy atom. The highest BCUT2D eigenvalue weighted by molar-refractivity contribution is 5.91. The number of rotatable bonds is 6. The van der Waals surface area contributed by atoms with Crippen LogP contribution in [0.4, 0.5) is 0 Å².